The molecule has 0 saturated carbocycles. The first-order valence-corrected chi connectivity index (χ1v) is 3.96. The Morgan fingerprint density at radius 1 is 1.21 bits per heavy atom. The molecule has 1 aliphatic rings. The van der Waals surface area contributed by atoms with Gasteiger partial charge in [-0.15, -0.1) is 0 Å². The maximum absolute atomic E-state index is 10.9. The van der Waals surface area contributed by atoms with E-state index in [1.54, 1.807) is 0 Å². The Bertz CT molecular complexity index is 218. The van der Waals surface area contributed by atoms with Crippen LogP contribution in [0.2, 0.25) is 0 Å². The van der Waals surface area contributed by atoms with Gasteiger partial charge in [0.25, 0.3) is 0 Å². The quantitative estimate of drug-likeness (QED) is 0.418. The summed E-state index contributed by atoms with van der Waals surface area (Å²) >= 11 is 0. The molecule has 7 heteroatoms. The van der Waals surface area contributed by atoms with E-state index in [0.29, 0.717) is 0 Å². The largest absolute Gasteiger partial charge is 0.433 e. The van der Waals surface area contributed by atoms with E-state index in [1.165, 1.54) is 0 Å². The summed E-state index contributed by atoms with van der Waals surface area (Å²) in [7, 11) is 0. The van der Waals surface area contributed by atoms with Gasteiger partial charge in [0, 0.05) is 6.92 Å². The van der Waals surface area contributed by atoms with Crippen molar-refractivity contribution in [3.63, 3.8) is 0 Å². The molecular formula is C7H11O7. The minimum absolute atomic E-state index is 0.759. The van der Waals surface area contributed by atoms with Gasteiger partial charge in [-0.2, -0.15) is 5.11 Å². The Morgan fingerprint density at radius 2 is 1.79 bits per heavy atom. The highest BCUT2D eigenvalue weighted by molar-refractivity contribution is 5.66. The van der Waals surface area contributed by atoms with E-state index in [2.05, 4.69) is 9.47 Å². The molecule has 0 aromatic rings. The molecule has 1 saturated heterocycles. The van der Waals surface area contributed by atoms with E-state index in [9.17, 15) is 15.0 Å². The lowest BCUT2D eigenvalue weighted by Gasteiger charge is -2.36. The van der Waals surface area contributed by atoms with Crippen molar-refractivity contribution >= 4 is 5.97 Å². The summed E-state index contributed by atoms with van der Waals surface area (Å²) in [6.45, 7) is 1.06. The average Bonchev–Trinajstić information content (AvgIpc) is 2.10. The molecule has 0 amide bonds. The Kier molecular flexibility index (Phi) is 3.40. The molecule has 0 aliphatic carbocycles. The fraction of sp³-hybridized carbons (Fsp3) is 0.857. The Hall–Kier alpha value is -0.730. The lowest BCUT2D eigenvalue weighted by atomic mass is 10.0. The molecular weight excluding hydrogens is 196 g/mol. The second-order valence-electron chi connectivity index (χ2n) is 2.95. The summed E-state index contributed by atoms with van der Waals surface area (Å²) in [5.74, 6) is -0.759. The molecule has 5 atom stereocenters. The van der Waals surface area contributed by atoms with Gasteiger partial charge in [0.2, 0.25) is 12.6 Å². The molecule has 14 heavy (non-hydrogen) atoms. The van der Waals surface area contributed by atoms with E-state index in [4.69, 9.17) is 10.2 Å². The zero-order valence-corrected chi connectivity index (χ0v) is 7.36. The number of ether oxygens (including phenoxy) is 2. The smallest absolute Gasteiger partial charge is 0.305 e. The van der Waals surface area contributed by atoms with E-state index in [1.807, 2.05) is 0 Å². The van der Waals surface area contributed by atoms with Gasteiger partial charge in [0.1, 0.15) is 18.3 Å². The highest BCUT2D eigenvalue weighted by Crippen LogP contribution is 2.20. The number of carbonyl (C=O) groups excluding carboxylic acids is 1. The van der Waals surface area contributed by atoms with Crippen LogP contribution in [0.5, 0.6) is 0 Å². The Labute approximate surface area is 79.5 Å². The van der Waals surface area contributed by atoms with Crippen molar-refractivity contribution in [2.24, 2.45) is 0 Å². The van der Waals surface area contributed by atoms with Crippen molar-refractivity contribution in [3.8, 4) is 0 Å². The van der Waals surface area contributed by atoms with Gasteiger partial charge < -0.3 is 24.8 Å². The average molecular weight is 207 g/mol. The van der Waals surface area contributed by atoms with Crippen LogP contribution in [0.25, 0.3) is 0 Å². The van der Waals surface area contributed by atoms with Crippen LogP contribution in [0, 0.1) is 0 Å². The minimum atomic E-state index is -1.95. The number of esters is 1. The SMILES string of the molecule is CC(=O)OC1OC([O])C(O)C(O)C1O. The van der Waals surface area contributed by atoms with Crippen LogP contribution in [-0.2, 0) is 19.4 Å². The van der Waals surface area contributed by atoms with Crippen LogP contribution in [-0.4, -0.2) is 52.2 Å². The first-order chi connectivity index (χ1) is 6.43. The zero-order chi connectivity index (χ0) is 10.9. The Morgan fingerprint density at radius 3 is 2.29 bits per heavy atom. The second kappa shape index (κ2) is 4.20. The molecule has 0 spiro atoms. The van der Waals surface area contributed by atoms with Gasteiger partial charge in [-0.05, 0) is 0 Å². The molecule has 81 valence electrons. The molecule has 5 unspecified atom stereocenters. The van der Waals surface area contributed by atoms with Crippen molar-refractivity contribution in [2.75, 3.05) is 0 Å². The van der Waals surface area contributed by atoms with Crippen molar-refractivity contribution < 1.29 is 34.7 Å². The van der Waals surface area contributed by atoms with E-state index in [0.717, 1.165) is 6.92 Å². The highest BCUT2D eigenvalue weighted by atomic mass is 16.8. The van der Waals surface area contributed by atoms with Crippen molar-refractivity contribution in [1.82, 2.24) is 0 Å². The molecule has 0 aromatic heterocycles. The predicted octanol–water partition coefficient (Wildman–Crippen LogP) is -2.25. The van der Waals surface area contributed by atoms with Crippen molar-refractivity contribution in [2.45, 2.75) is 37.8 Å². The Balaban J connectivity index is 2.65. The summed E-state index contributed by atoms with van der Waals surface area (Å²) in [5, 5.41) is 38.2. The van der Waals surface area contributed by atoms with Gasteiger partial charge >= 0.3 is 5.97 Å². The topological polar surface area (TPSA) is 116 Å². The molecule has 3 N–H and O–H groups in total. The van der Waals surface area contributed by atoms with Gasteiger partial charge in [0.05, 0.1) is 0 Å². The maximum Gasteiger partial charge on any atom is 0.305 e. The fourth-order valence-corrected chi connectivity index (χ4v) is 1.08. The summed E-state index contributed by atoms with van der Waals surface area (Å²) in [6.07, 6.45) is -8.53. The molecule has 7 nitrogen and oxygen atoms in total. The molecule has 1 rings (SSSR count). The summed E-state index contributed by atoms with van der Waals surface area (Å²) < 4.78 is 8.84. The van der Waals surface area contributed by atoms with E-state index < -0.39 is 36.9 Å². The third-order valence-electron chi connectivity index (χ3n) is 1.81. The monoisotopic (exact) mass is 207 g/mol. The number of rotatable bonds is 1. The predicted molar refractivity (Wildman–Crippen MR) is 39.1 cm³/mol. The molecule has 1 aliphatic heterocycles. The first kappa shape index (κ1) is 11.3. The minimum Gasteiger partial charge on any atom is -0.433 e. The normalized spacial score (nSPS) is 43.4. The van der Waals surface area contributed by atoms with E-state index in [-0.39, 0.29) is 0 Å². The summed E-state index contributed by atoms with van der Waals surface area (Å²) in [5.41, 5.74) is 0. The number of aliphatic hydroxyl groups is 3. The van der Waals surface area contributed by atoms with Gasteiger partial charge in [-0.3, -0.25) is 4.79 Å². The van der Waals surface area contributed by atoms with Crippen molar-refractivity contribution in [1.29, 1.82) is 0 Å². The van der Waals surface area contributed by atoms with Gasteiger partial charge in [-0.1, -0.05) is 0 Å². The second-order valence-corrected chi connectivity index (χ2v) is 2.95. The molecule has 1 fully saturated rings. The van der Waals surface area contributed by atoms with E-state index >= 15 is 0 Å². The van der Waals surface area contributed by atoms with Crippen LogP contribution in [0.15, 0.2) is 0 Å². The zero-order valence-electron chi connectivity index (χ0n) is 7.36. The first-order valence-electron chi connectivity index (χ1n) is 3.96. The van der Waals surface area contributed by atoms with Gasteiger partial charge in [0.15, 0.2) is 0 Å². The molecule has 1 radical (unpaired) electrons. The summed E-state index contributed by atoms with van der Waals surface area (Å²) in [4.78, 5) is 10.5. The number of hydrogen-bond acceptors (Lipinski definition) is 6. The van der Waals surface area contributed by atoms with Crippen LogP contribution >= 0.6 is 0 Å². The molecule has 1 heterocycles. The highest BCUT2D eigenvalue weighted by Gasteiger charge is 2.45. The lowest BCUT2D eigenvalue weighted by molar-refractivity contribution is -0.344. The number of carbonyl (C=O) groups is 1. The van der Waals surface area contributed by atoms with Gasteiger partial charge in [-0.25, -0.2) is 0 Å². The van der Waals surface area contributed by atoms with Crippen LogP contribution in [0.1, 0.15) is 6.92 Å². The lowest BCUT2D eigenvalue weighted by Crippen LogP contribution is -2.58. The summed E-state index contributed by atoms with van der Waals surface area (Å²) in [6, 6.07) is 0. The van der Waals surface area contributed by atoms with Crippen LogP contribution in [0.4, 0.5) is 0 Å². The maximum atomic E-state index is 10.9. The fourth-order valence-electron chi connectivity index (χ4n) is 1.08. The van der Waals surface area contributed by atoms with Crippen LogP contribution in [0.3, 0.4) is 0 Å². The molecule has 0 bridgehead atoms. The number of hydrogen-bond donors (Lipinski definition) is 3. The third-order valence-corrected chi connectivity index (χ3v) is 1.81. The number of aliphatic hydroxyl groups excluding tert-OH is 3. The van der Waals surface area contributed by atoms with Crippen molar-refractivity contribution in [3.05, 3.63) is 0 Å². The third kappa shape index (κ3) is 2.20. The standard InChI is InChI=1S/C7H11O7/c1-2(8)13-7-5(11)3(9)4(10)6(12)14-7/h3-7,9-11H,1H3. The molecule has 0 aromatic carbocycles. The van der Waals surface area contributed by atoms with Crippen LogP contribution < -0.4 is 0 Å².